The van der Waals surface area contributed by atoms with Crippen molar-refractivity contribution in [2.24, 2.45) is 11.8 Å². The maximum absolute atomic E-state index is 13.8. The first-order valence-electron chi connectivity index (χ1n) is 13.0. The topological polar surface area (TPSA) is 64.4 Å². The lowest BCUT2D eigenvalue weighted by Crippen LogP contribution is -2.46. The van der Waals surface area contributed by atoms with Crippen LogP contribution in [0.1, 0.15) is 67.2 Å². The number of alkyl halides is 5. The summed E-state index contributed by atoms with van der Waals surface area (Å²) in [5.41, 5.74) is 1.34. The van der Waals surface area contributed by atoms with Gasteiger partial charge in [0.25, 0.3) is 5.56 Å². The standard InChI is InChI=1S/C27H30F5N3O3/c1-16-33-22-15-34(25(37)38-20-9-7-19(8-10-20)27(30,31)32)12-11-21(22)24(36)35(16)23(17-5-3-2-4-6-17)18-13-26(28,29)14-18/h2-6,18-20,23H,7-15H2,1H3/t19-,20-,23?. The smallest absolute Gasteiger partial charge is 0.410 e. The number of hydrogen-bond donors (Lipinski definition) is 0. The second-order valence-electron chi connectivity index (χ2n) is 10.7. The van der Waals surface area contributed by atoms with Crippen LogP contribution in [0.25, 0.3) is 0 Å². The normalized spacial score (nSPS) is 24.3. The number of aryl methyl sites for hydroxylation is 1. The highest BCUT2D eigenvalue weighted by atomic mass is 19.4. The largest absolute Gasteiger partial charge is 0.446 e. The van der Waals surface area contributed by atoms with Gasteiger partial charge in [-0.1, -0.05) is 30.3 Å². The molecule has 0 radical (unpaired) electrons. The number of fused-ring (bicyclic) bond motifs is 1. The third-order valence-electron chi connectivity index (χ3n) is 8.09. The zero-order chi connectivity index (χ0) is 27.2. The average molecular weight is 540 g/mol. The van der Waals surface area contributed by atoms with Crippen LogP contribution in [0.4, 0.5) is 26.7 Å². The number of halogens is 5. The first-order chi connectivity index (χ1) is 17.9. The van der Waals surface area contributed by atoms with Crippen LogP contribution in [-0.2, 0) is 17.7 Å². The molecule has 1 atom stereocenters. The van der Waals surface area contributed by atoms with Crippen LogP contribution in [0.5, 0.6) is 0 Å². The SMILES string of the molecule is Cc1nc2c(c(=O)n1C(c1ccccc1)C1CC(F)(F)C1)CCN(C(=O)O[C@H]1CC[C@H](C(F)(F)F)CC1)C2. The second kappa shape index (κ2) is 9.96. The number of nitrogens with zero attached hydrogens (tertiary/aromatic N) is 3. The summed E-state index contributed by atoms with van der Waals surface area (Å²) < 4.78 is 73.4. The van der Waals surface area contributed by atoms with Gasteiger partial charge in [0.2, 0.25) is 5.92 Å². The summed E-state index contributed by atoms with van der Waals surface area (Å²) in [6.07, 6.45) is -5.65. The van der Waals surface area contributed by atoms with E-state index in [-0.39, 0.29) is 63.6 Å². The Morgan fingerprint density at radius 1 is 1.11 bits per heavy atom. The van der Waals surface area contributed by atoms with E-state index in [0.29, 0.717) is 17.1 Å². The molecule has 38 heavy (non-hydrogen) atoms. The Morgan fingerprint density at radius 2 is 1.76 bits per heavy atom. The number of rotatable bonds is 4. The molecular weight excluding hydrogens is 509 g/mol. The highest BCUT2D eigenvalue weighted by Gasteiger charge is 2.50. The number of benzene rings is 1. The molecule has 1 aromatic carbocycles. The Kier molecular flexibility index (Phi) is 6.98. The molecule has 2 aromatic rings. The molecule has 2 heterocycles. The second-order valence-corrected chi connectivity index (χ2v) is 10.7. The van der Waals surface area contributed by atoms with Crippen molar-refractivity contribution >= 4 is 6.09 Å². The van der Waals surface area contributed by atoms with E-state index in [1.54, 1.807) is 6.92 Å². The summed E-state index contributed by atoms with van der Waals surface area (Å²) in [4.78, 5) is 32.5. The molecule has 1 unspecified atom stereocenters. The number of hydrogen-bond acceptors (Lipinski definition) is 4. The molecule has 1 aromatic heterocycles. The van der Waals surface area contributed by atoms with E-state index in [0.717, 1.165) is 5.56 Å². The monoisotopic (exact) mass is 539 g/mol. The highest BCUT2D eigenvalue weighted by molar-refractivity contribution is 5.68. The molecular formula is C27H30F5N3O3. The molecule has 1 aliphatic heterocycles. The minimum absolute atomic E-state index is 0.0421. The van der Waals surface area contributed by atoms with Crippen molar-refractivity contribution in [3.63, 3.8) is 0 Å². The first kappa shape index (κ1) is 26.6. The highest BCUT2D eigenvalue weighted by Crippen LogP contribution is 2.49. The molecule has 0 spiro atoms. The van der Waals surface area contributed by atoms with E-state index in [1.807, 2.05) is 30.3 Å². The van der Waals surface area contributed by atoms with E-state index in [2.05, 4.69) is 4.98 Å². The van der Waals surface area contributed by atoms with Gasteiger partial charge in [-0.2, -0.15) is 13.2 Å². The number of carbonyl (C=O) groups is 1. The Bertz CT molecular complexity index is 1230. The van der Waals surface area contributed by atoms with Gasteiger partial charge in [0, 0.05) is 24.9 Å². The van der Waals surface area contributed by atoms with Crippen LogP contribution in [-0.4, -0.2) is 45.3 Å². The Morgan fingerprint density at radius 3 is 2.37 bits per heavy atom. The summed E-state index contributed by atoms with van der Waals surface area (Å²) in [5.74, 6) is -4.15. The summed E-state index contributed by atoms with van der Waals surface area (Å²) in [6.45, 7) is 1.90. The van der Waals surface area contributed by atoms with E-state index in [9.17, 15) is 31.5 Å². The Labute approximate surface area is 216 Å². The van der Waals surface area contributed by atoms with E-state index >= 15 is 0 Å². The van der Waals surface area contributed by atoms with Crippen LogP contribution < -0.4 is 5.56 Å². The predicted molar refractivity (Wildman–Crippen MR) is 128 cm³/mol. The van der Waals surface area contributed by atoms with Crippen molar-refractivity contribution in [2.75, 3.05) is 6.54 Å². The van der Waals surface area contributed by atoms with Gasteiger partial charge in [0.05, 0.1) is 24.2 Å². The molecule has 0 bridgehead atoms. The fourth-order valence-electron chi connectivity index (χ4n) is 6.04. The van der Waals surface area contributed by atoms with Crippen LogP contribution in [0.2, 0.25) is 0 Å². The van der Waals surface area contributed by atoms with E-state index in [1.165, 1.54) is 9.47 Å². The number of carbonyl (C=O) groups excluding carboxylic acids is 1. The maximum atomic E-state index is 13.8. The number of aromatic nitrogens is 2. The van der Waals surface area contributed by atoms with Gasteiger partial charge < -0.3 is 9.64 Å². The fourth-order valence-corrected chi connectivity index (χ4v) is 6.04. The lowest BCUT2D eigenvalue weighted by Gasteiger charge is -2.41. The van der Waals surface area contributed by atoms with E-state index < -0.39 is 42.2 Å². The quantitative estimate of drug-likeness (QED) is 0.461. The zero-order valence-corrected chi connectivity index (χ0v) is 21.0. The molecule has 2 fully saturated rings. The third kappa shape index (κ3) is 5.29. The van der Waals surface area contributed by atoms with Crippen LogP contribution in [0.3, 0.4) is 0 Å². The van der Waals surface area contributed by atoms with Gasteiger partial charge in [-0.15, -0.1) is 0 Å². The maximum Gasteiger partial charge on any atom is 0.410 e. The summed E-state index contributed by atoms with van der Waals surface area (Å²) in [5, 5.41) is 0. The summed E-state index contributed by atoms with van der Waals surface area (Å²) in [6, 6.07) is 8.52. The molecule has 0 saturated heterocycles. The van der Waals surface area contributed by atoms with Crippen LogP contribution in [0, 0.1) is 18.8 Å². The predicted octanol–water partition coefficient (Wildman–Crippen LogP) is 5.80. The van der Waals surface area contributed by atoms with Crippen molar-refractivity contribution in [1.29, 1.82) is 0 Å². The zero-order valence-electron chi connectivity index (χ0n) is 21.0. The molecule has 3 aliphatic rings. The van der Waals surface area contributed by atoms with Gasteiger partial charge in [0.1, 0.15) is 11.9 Å². The first-order valence-corrected chi connectivity index (χ1v) is 13.0. The number of amides is 1. The van der Waals surface area contributed by atoms with Gasteiger partial charge >= 0.3 is 12.3 Å². The molecule has 0 N–H and O–H groups in total. The molecule has 2 saturated carbocycles. The van der Waals surface area contributed by atoms with Gasteiger partial charge in [-0.05, 0) is 50.5 Å². The molecule has 1 amide bonds. The molecule has 6 nitrogen and oxygen atoms in total. The molecule has 11 heteroatoms. The van der Waals surface area contributed by atoms with Crippen molar-refractivity contribution in [1.82, 2.24) is 14.5 Å². The van der Waals surface area contributed by atoms with Gasteiger partial charge in [-0.3, -0.25) is 9.36 Å². The van der Waals surface area contributed by atoms with Crippen molar-refractivity contribution < 1.29 is 31.5 Å². The Balaban J connectivity index is 1.32. The molecule has 2 aliphatic carbocycles. The van der Waals surface area contributed by atoms with Crippen molar-refractivity contribution in [2.45, 2.75) is 82.7 Å². The summed E-state index contributed by atoms with van der Waals surface area (Å²) in [7, 11) is 0. The third-order valence-corrected chi connectivity index (χ3v) is 8.09. The van der Waals surface area contributed by atoms with Crippen molar-refractivity contribution in [3.05, 3.63) is 63.3 Å². The fraction of sp³-hybridized carbons (Fsp3) is 0.593. The lowest BCUT2D eigenvalue weighted by atomic mass is 9.74. The van der Waals surface area contributed by atoms with E-state index in [4.69, 9.17) is 4.74 Å². The molecule has 206 valence electrons. The van der Waals surface area contributed by atoms with Crippen LogP contribution >= 0.6 is 0 Å². The minimum atomic E-state index is -4.24. The van der Waals surface area contributed by atoms with Crippen molar-refractivity contribution in [3.8, 4) is 0 Å². The van der Waals surface area contributed by atoms with Crippen LogP contribution in [0.15, 0.2) is 35.1 Å². The summed E-state index contributed by atoms with van der Waals surface area (Å²) >= 11 is 0. The average Bonchev–Trinajstić information content (AvgIpc) is 2.85. The minimum Gasteiger partial charge on any atom is -0.446 e. The molecule has 5 rings (SSSR count). The lowest BCUT2D eigenvalue weighted by molar-refractivity contribution is -0.186. The van der Waals surface area contributed by atoms with Gasteiger partial charge in [-0.25, -0.2) is 18.6 Å². The van der Waals surface area contributed by atoms with Gasteiger partial charge in [0.15, 0.2) is 0 Å². The Hall–Kier alpha value is -2.98. The number of ether oxygens (including phenoxy) is 1.